The van der Waals surface area contributed by atoms with Crippen LogP contribution in [0.3, 0.4) is 0 Å². The highest BCUT2D eigenvalue weighted by molar-refractivity contribution is 7.89. The van der Waals surface area contributed by atoms with E-state index in [1.807, 2.05) is 23.4 Å². The Labute approximate surface area is 169 Å². The van der Waals surface area contributed by atoms with Crippen LogP contribution in [0.4, 0.5) is 0 Å². The quantitative estimate of drug-likeness (QED) is 0.738. The number of aliphatic hydroxyl groups is 1. The van der Waals surface area contributed by atoms with E-state index in [9.17, 15) is 13.5 Å². The Morgan fingerprint density at radius 2 is 1.79 bits per heavy atom. The van der Waals surface area contributed by atoms with E-state index in [0.29, 0.717) is 29.3 Å². The molecule has 0 spiro atoms. The first-order valence-corrected chi connectivity index (χ1v) is 12.4. The number of aryl methyl sites for hydroxylation is 1. The smallest absolute Gasteiger partial charge is 0.243 e. The van der Waals surface area contributed by atoms with Gasteiger partial charge in [-0.25, -0.2) is 8.42 Å². The van der Waals surface area contributed by atoms with E-state index in [2.05, 4.69) is 4.90 Å². The molecule has 3 aliphatic rings. The molecule has 1 N–H and O–H groups in total. The van der Waals surface area contributed by atoms with Crippen LogP contribution in [0.25, 0.3) is 0 Å². The van der Waals surface area contributed by atoms with Crippen LogP contribution in [0.2, 0.25) is 0 Å². The maximum atomic E-state index is 13.6. The molecular weight excluding hydrogens is 372 g/mol. The number of hydrogen-bond acceptors (Lipinski definition) is 4. The zero-order valence-electron chi connectivity index (χ0n) is 17.0. The second-order valence-corrected chi connectivity index (χ2v) is 10.8. The molecule has 0 unspecified atom stereocenters. The molecule has 0 saturated carbocycles. The van der Waals surface area contributed by atoms with Crippen molar-refractivity contribution in [2.75, 3.05) is 26.2 Å². The molecule has 156 valence electrons. The van der Waals surface area contributed by atoms with Crippen LogP contribution in [0.1, 0.15) is 50.5 Å². The molecule has 0 amide bonds. The zero-order valence-corrected chi connectivity index (χ0v) is 17.8. The predicted octanol–water partition coefficient (Wildman–Crippen LogP) is 3.02. The minimum atomic E-state index is -3.50. The summed E-state index contributed by atoms with van der Waals surface area (Å²) in [7, 11) is -3.50. The Kier molecular flexibility index (Phi) is 6.12. The normalized spacial score (nSPS) is 31.5. The molecule has 3 saturated heterocycles. The minimum absolute atomic E-state index is 0.0556. The Hall–Kier alpha value is -0.950. The second-order valence-electron chi connectivity index (χ2n) is 8.91. The topological polar surface area (TPSA) is 60.9 Å². The molecule has 4 rings (SSSR count). The number of nitrogens with zero attached hydrogens (tertiary/aromatic N) is 2. The number of unbranched alkanes of at least 4 members (excludes halogenated alkanes) is 1. The molecule has 1 aromatic carbocycles. The van der Waals surface area contributed by atoms with E-state index >= 15 is 0 Å². The molecule has 28 heavy (non-hydrogen) atoms. The van der Waals surface area contributed by atoms with Gasteiger partial charge in [0.1, 0.15) is 0 Å². The summed E-state index contributed by atoms with van der Waals surface area (Å²) in [6, 6.07) is 7.91. The molecule has 3 fully saturated rings. The molecule has 4 atom stereocenters. The number of rotatable bonds is 6. The van der Waals surface area contributed by atoms with Gasteiger partial charge in [-0.3, -0.25) is 4.90 Å². The first-order valence-electron chi connectivity index (χ1n) is 11.0. The van der Waals surface area contributed by atoms with Crippen LogP contribution in [0.15, 0.2) is 29.2 Å². The van der Waals surface area contributed by atoms with Crippen molar-refractivity contribution in [1.82, 2.24) is 9.21 Å². The summed E-state index contributed by atoms with van der Waals surface area (Å²) in [4.78, 5) is 3.07. The number of piperidine rings is 3. The summed E-state index contributed by atoms with van der Waals surface area (Å²) >= 11 is 0. The molecule has 3 aliphatic heterocycles. The van der Waals surface area contributed by atoms with Crippen LogP contribution >= 0.6 is 0 Å². The third-order valence-electron chi connectivity index (χ3n) is 7.16. The molecule has 6 heteroatoms. The van der Waals surface area contributed by atoms with Crippen LogP contribution in [-0.2, 0) is 10.0 Å². The van der Waals surface area contributed by atoms with Crippen molar-refractivity contribution in [1.29, 1.82) is 0 Å². The molecule has 3 heterocycles. The van der Waals surface area contributed by atoms with Gasteiger partial charge >= 0.3 is 0 Å². The first kappa shape index (κ1) is 20.3. The summed E-state index contributed by atoms with van der Waals surface area (Å²) in [5.74, 6) is 0.875. The van der Waals surface area contributed by atoms with Crippen molar-refractivity contribution >= 4 is 10.0 Å². The van der Waals surface area contributed by atoms with Gasteiger partial charge in [-0.15, -0.1) is 0 Å². The van der Waals surface area contributed by atoms with Gasteiger partial charge < -0.3 is 5.11 Å². The molecule has 0 radical (unpaired) electrons. The summed E-state index contributed by atoms with van der Waals surface area (Å²) in [6.07, 6.45) is 7.11. The van der Waals surface area contributed by atoms with E-state index in [1.54, 1.807) is 12.1 Å². The van der Waals surface area contributed by atoms with E-state index in [0.717, 1.165) is 37.7 Å². The highest BCUT2D eigenvalue weighted by Gasteiger charge is 2.51. The van der Waals surface area contributed by atoms with Gasteiger partial charge in [-0.2, -0.15) is 4.31 Å². The lowest BCUT2D eigenvalue weighted by Gasteiger charge is -2.57. The molecule has 1 aromatic rings. The number of benzene rings is 1. The highest BCUT2D eigenvalue weighted by atomic mass is 32.2. The lowest BCUT2D eigenvalue weighted by atomic mass is 9.70. The van der Waals surface area contributed by atoms with Gasteiger partial charge in [0.2, 0.25) is 10.0 Å². The fourth-order valence-corrected chi connectivity index (χ4v) is 7.66. The summed E-state index contributed by atoms with van der Waals surface area (Å²) in [5.41, 5.74) is 1.08. The van der Waals surface area contributed by atoms with Gasteiger partial charge in [0, 0.05) is 25.2 Å². The van der Waals surface area contributed by atoms with Gasteiger partial charge in [0.25, 0.3) is 0 Å². The van der Waals surface area contributed by atoms with Crippen molar-refractivity contribution in [3.63, 3.8) is 0 Å². The highest BCUT2D eigenvalue weighted by Crippen LogP contribution is 2.44. The lowest BCUT2D eigenvalue weighted by molar-refractivity contribution is -0.0525. The number of sulfonamides is 1. The van der Waals surface area contributed by atoms with Crippen LogP contribution in [0, 0.1) is 18.8 Å². The molecule has 5 nitrogen and oxygen atoms in total. The van der Waals surface area contributed by atoms with E-state index < -0.39 is 10.0 Å². The monoisotopic (exact) mass is 406 g/mol. The summed E-state index contributed by atoms with van der Waals surface area (Å²) in [6.45, 7) is 5.16. The first-order chi connectivity index (χ1) is 13.5. The Morgan fingerprint density at radius 3 is 2.50 bits per heavy atom. The van der Waals surface area contributed by atoms with Gasteiger partial charge in [-0.1, -0.05) is 17.7 Å². The van der Waals surface area contributed by atoms with Crippen LogP contribution < -0.4 is 0 Å². The average molecular weight is 407 g/mol. The molecule has 0 bridgehead atoms. The van der Waals surface area contributed by atoms with Crippen molar-refractivity contribution in [2.45, 2.75) is 68.8 Å². The SMILES string of the molecule is Cc1ccc(S(=O)(=O)N2C[C@H]3CCCN4CCC[C@@H]([C@H]34)[C@H]2CCCCO)cc1. The van der Waals surface area contributed by atoms with Gasteiger partial charge in [0.15, 0.2) is 0 Å². The third kappa shape index (κ3) is 3.76. The number of hydrogen-bond donors (Lipinski definition) is 1. The fraction of sp³-hybridized carbons (Fsp3) is 0.727. The van der Waals surface area contributed by atoms with Gasteiger partial charge in [-0.05, 0) is 88.9 Å². The van der Waals surface area contributed by atoms with E-state index in [4.69, 9.17) is 0 Å². The maximum absolute atomic E-state index is 13.6. The van der Waals surface area contributed by atoms with E-state index in [-0.39, 0.29) is 12.6 Å². The van der Waals surface area contributed by atoms with Crippen LogP contribution in [0.5, 0.6) is 0 Å². The second kappa shape index (κ2) is 8.42. The lowest BCUT2D eigenvalue weighted by Crippen LogP contribution is -2.65. The Balaban J connectivity index is 1.67. The standard InChI is InChI=1S/C22H34N2O3S/c1-17-9-11-19(12-10-17)28(26,27)24-16-18-6-4-13-23-14-5-7-20(22(18)23)21(24)8-2-3-15-25/h9-12,18,20-22,25H,2-8,13-16H2,1H3/t18-,20-,21-,22+/m1/s1. The van der Waals surface area contributed by atoms with Crippen molar-refractivity contribution in [3.8, 4) is 0 Å². The van der Waals surface area contributed by atoms with Crippen molar-refractivity contribution < 1.29 is 13.5 Å². The zero-order chi connectivity index (χ0) is 19.7. The van der Waals surface area contributed by atoms with E-state index in [1.165, 1.54) is 25.9 Å². The summed E-state index contributed by atoms with van der Waals surface area (Å²) < 4.78 is 29.1. The fourth-order valence-electron chi connectivity index (χ4n) is 5.90. The predicted molar refractivity (Wildman–Crippen MR) is 111 cm³/mol. The number of aliphatic hydroxyl groups excluding tert-OH is 1. The van der Waals surface area contributed by atoms with Crippen LogP contribution in [-0.4, -0.2) is 61.1 Å². The maximum Gasteiger partial charge on any atom is 0.243 e. The largest absolute Gasteiger partial charge is 0.396 e. The Morgan fingerprint density at radius 1 is 1.07 bits per heavy atom. The minimum Gasteiger partial charge on any atom is -0.396 e. The van der Waals surface area contributed by atoms with Crippen molar-refractivity contribution in [3.05, 3.63) is 29.8 Å². The molecule has 0 aromatic heterocycles. The summed E-state index contributed by atoms with van der Waals surface area (Å²) in [5, 5.41) is 9.25. The molecule has 0 aliphatic carbocycles. The Bertz CT molecular complexity index is 762. The van der Waals surface area contributed by atoms with Gasteiger partial charge in [0.05, 0.1) is 4.90 Å². The third-order valence-corrected chi connectivity index (χ3v) is 9.07. The average Bonchev–Trinajstić information content (AvgIpc) is 2.70. The van der Waals surface area contributed by atoms with Crippen molar-refractivity contribution in [2.24, 2.45) is 11.8 Å². The molecular formula is C22H34N2O3S.